The van der Waals surface area contributed by atoms with Crippen LogP contribution in [0.5, 0.6) is 11.5 Å². The Morgan fingerprint density at radius 1 is 1.06 bits per heavy atom. The zero-order valence-electron chi connectivity index (χ0n) is 19.6. The van der Waals surface area contributed by atoms with Gasteiger partial charge in [0.05, 0.1) is 13.2 Å². The molecule has 0 saturated carbocycles. The van der Waals surface area contributed by atoms with Crippen LogP contribution in [0, 0.1) is 0 Å². The summed E-state index contributed by atoms with van der Waals surface area (Å²) in [5, 5.41) is 2.07. The number of rotatable bonds is 9. The molecule has 2 amide bonds. The van der Waals surface area contributed by atoms with E-state index < -0.39 is 0 Å². The second-order valence-corrected chi connectivity index (χ2v) is 9.23. The smallest absolute Gasteiger partial charge is 0.254 e. The van der Waals surface area contributed by atoms with Crippen LogP contribution in [0.4, 0.5) is 0 Å². The van der Waals surface area contributed by atoms with E-state index in [0.29, 0.717) is 31.0 Å². The number of benzene rings is 2. The maximum atomic E-state index is 13.5. The molecule has 0 bridgehead atoms. The molecule has 0 unspecified atom stereocenters. The molecular formula is C27H30N2O4S. The van der Waals surface area contributed by atoms with Crippen LogP contribution in [-0.2, 0) is 11.2 Å². The zero-order chi connectivity index (χ0) is 23.9. The molecule has 1 aromatic heterocycles. The van der Waals surface area contributed by atoms with Gasteiger partial charge in [0.2, 0.25) is 5.91 Å². The SMILES string of the molecule is CCCN(CC(=O)N1CCc2sccc2[C@@H]1COc1ccccc1)C(=O)c1ccc(OC)cc1. The van der Waals surface area contributed by atoms with E-state index >= 15 is 0 Å². The third-order valence-corrected chi connectivity index (χ3v) is 7.01. The molecule has 7 heteroatoms. The van der Waals surface area contributed by atoms with Crippen molar-refractivity contribution in [3.05, 3.63) is 82.0 Å². The predicted molar refractivity (Wildman–Crippen MR) is 134 cm³/mol. The lowest BCUT2D eigenvalue weighted by molar-refractivity contribution is -0.135. The van der Waals surface area contributed by atoms with E-state index in [0.717, 1.165) is 24.2 Å². The minimum atomic E-state index is -0.178. The maximum absolute atomic E-state index is 13.5. The van der Waals surface area contributed by atoms with Crippen LogP contribution in [-0.4, -0.2) is 55.0 Å². The Labute approximate surface area is 204 Å². The second kappa shape index (κ2) is 11.2. The van der Waals surface area contributed by atoms with Gasteiger partial charge >= 0.3 is 0 Å². The molecule has 2 heterocycles. The molecule has 2 aromatic carbocycles. The lowest BCUT2D eigenvalue weighted by Crippen LogP contribution is -2.48. The maximum Gasteiger partial charge on any atom is 0.254 e. The Morgan fingerprint density at radius 2 is 1.82 bits per heavy atom. The monoisotopic (exact) mass is 478 g/mol. The Bertz CT molecular complexity index is 1100. The predicted octanol–water partition coefficient (Wildman–Crippen LogP) is 4.81. The number of para-hydroxylation sites is 1. The van der Waals surface area contributed by atoms with Gasteiger partial charge in [-0.25, -0.2) is 0 Å². The van der Waals surface area contributed by atoms with Gasteiger partial charge in [0.25, 0.3) is 5.91 Å². The number of ether oxygens (including phenoxy) is 2. The van der Waals surface area contributed by atoms with E-state index in [9.17, 15) is 9.59 Å². The second-order valence-electron chi connectivity index (χ2n) is 8.23. The molecule has 1 aliphatic heterocycles. The van der Waals surface area contributed by atoms with Gasteiger partial charge in [-0.1, -0.05) is 25.1 Å². The van der Waals surface area contributed by atoms with Gasteiger partial charge in [-0.2, -0.15) is 0 Å². The average Bonchev–Trinajstić information content (AvgIpc) is 3.36. The van der Waals surface area contributed by atoms with Gasteiger partial charge < -0.3 is 19.3 Å². The lowest BCUT2D eigenvalue weighted by Gasteiger charge is -2.37. The molecule has 0 spiro atoms. The number of thiophene rings is 1. The molecule has 0 N–H and O–H groups in total. The molecule has 178 valence electrons. The third kappa shape index (κ3) is 5.42. The van der Waals surface area contributed by atoms with Crippen molar-refractivity contribution in [3.8, 4) is 11.5 Å². The first-order valence-corrected chi connectivity index (χ1v) is 12.5. The van der Waals surface area contributed by atoms with E-state index in [2.05, 4.69) is 11.4 Å². The third-order valence-electron chi connectivity index (χ3n) is 6.01. The van der Waals surface area contributed by atoms with Crippen LogP contribution < -0.4 is 9.47 Å². The fourth-order valence-corrected chi connectivity index (χ4v) is 5.19. The first-order chi connectivity index (χ1) is 16.6. The number of amides is 2. The molecule has 34 heavy (non-hydrogen) atoms. The van der Waals surface area contributed by atoms with Crippen molar-refractivity contribution in [2.75, 3.05) is 33.4 Å². The summed E-state index contributed by atoms with van der Waals surface area (Å²) in [7, 11) is 1.59. The number of hydrogen-bond donors (Lipinski definition) is 0. The highest BCUT2D eigenvalue weighted by atomic mass is 32.1. The Hall–Kier alpha value is -3.32. The van der Waals surface area contributed by atoms with E-state index in [1.54, 1.807) is 47.6 Å². The van der Waals surface area contributed by atoms with Crippen molar-refractivity contribution in [1.29, 1.82) is 0 Å². The highest BCUT2D eigenvalue weighted by molar-refractivity contribution is 7.10. The first-order valence-electron chi connectivity index (χ1n) is 11.6. The van der Waals surface area contributed by atoms with Gasteiger partial charge in [0.15, 0.2) is 0 Å². The highest BCUT2D eigenvalue weighted by Crippen LogP contribution is 2.34. The fraction of sp³-hybridized carbons (Fsp3) is 0.333. The molecule has 1 aliphatic rings. The van der Waals surface area contributed by atoms with E-state index in [1.807, 2.05) is 42.2 Å². The Balaban J connectivity index is 1.50. The number of fused-ring (bicyclic) bond motifs is 1. The van der Waals surface area contributed by atoms with Crippen molar-refractivity contribution in [2.24, 2.45) is 0 Å². The van der Waals surface area contributed by atoms with Crippen molar-refractivity contribution in [3.63, 3.8) is 0 Å². The van der Waals surface area contributed by atoms with Gasteiger partial charge in [-0.15, -0.1) is 11.3 Å². The van der Waals surface area contributed by atoms with Crippen molar-refractivity contribution < 1.29 is 19.1 Å². The van der Waals surface area contributed by atoms with Crippen LogP contribution in [0.1, 0.15) is 40.2 Å². The summed E-state index contributed by atoms with van der Waals surface area (Å²) in [6.45, 7) is 3.55. The minimum Gasteiger partial charge on any atom is -0.497 e. The summed E-state index contributed by atoms with van der Waals surface area (Å²) < 4.78 is 11.3. The number of methoxy groups -OCH3 is 1. The molecule has 4 rings (SSSR count). The van der Waals surface area contributed by atoms with Crippen LogP contribution in [0.25, 0.3) is 0 Å². The fourth-order valence-electron chi connectivity index (χ4n) is 4.26. The molecule has 0 fully saturated rings. The minimum absolute atomic E-state index is 0.0417. The van der Waals surface area contributed by atoms with Crippen molar-refractivity contribution >= 4 is 23.2 Å². The first kappa shape index (κ1) is 23.8. The molecule has 0 saturated heterocycles. The zero-order valence-corrected chi connectivity index (χ0v) is 20.4. The van der Waals surface area contributed by atoms with Gasteiger partial charge in [-0.05, 0) is 66.2 Å². The molecule has 0 aliphatic carbocycles. The topological polar surface area (TPSA) is 59.1 Å². The summed E-state index contributed by atoms with van der Waals surface area (Å²) in [6, 6.07) is 18.6. The number of hydrogen-bond acceptors (Lipinski definition) is 5. The number of carbonyl (C=O) groups is 2. The van der Waals surface area contributed by atoms with E-state index in [4.69, 9.17) is 9.47 Å². The highest BCUT2D eigenvalue weighted by Gasteiger charge is 2.33. The van der Waals surface area contributed by atoms with Gasteiger partial charge in [0.1, 0.15) is 24.7 Å². The van der Waals surface area contributed by atoms with Crippen molar-refractivity contribution in [1.82, 2.24) is 9.80 Å². The summed E-state index contributed by atoms with van der Waals surface area (Å²) in [4.78, 5) is 31.5. The summed E-state index contributed by atoms with van der Waals surface area (Å²) >= 11 is 1.72. The largest absolute Gasteiger partial charge is 0.497 e. The molecule has 1 atom stereocenters. The van der Waals surface area contributed by atoms with Gasteiger partial charge in [0, 0.05) is 23.5 Å². The summed E-state index contributed by atoms with van der Waals surface area (Å²) in [5.41, 5.74) is 1.69. The van der Waals surface area contributed by atoms with Crippen LogP contribution in [0.2, 0.25) is 0 Å². The van der Waals surface area contributed by atoms with Crippen LogP contribution in [0.15, 0.2) is 66.0 Å². The standard InChI is InChI=1S/C27H30N2O4S/c1-3-15-28(27(31)20-9-11-21(32-2)12-10-20)18-26(30)29-16-13-25-23(14-17-34-25)24(29)19-33-22-7-5-4-6-8-22/h4-12,14,17,24H,3,13,15-16,18-19H2,1-2H3/t24-/m0/s1. The number of carbonyl (C=O) groups excluding carboxylic acids is 2. The summed E-state index contributed by atoms with van der Waals surface area (Å²) in [5.74, 6) is 1.26. The lowest BCUT2D eigenvalue weighted by atomic mass is 10.0. The van der Waals surface area contributed by atoms with Crippen LogP contribution in [0.3, 0.4) is 0 Å². The van der Waals surface area contributed by atoms with Crippen molar-refractivity contribution in [2.45, 2.75) is 25.8 Å². The summed E-state index contributed by atoms with van der Waals surface area (Å²) in [6.07, 6.45) is 1.59. The molecule has 6 nitrogen and oxygen atoms in total. The van der Waals surface area contributed by atoms with E-state index in [-0.39, 0.29) is 24.4 Å². The number of nitrogens with zero attached hydrogens (tertiary/aromatic N) is 2. The quantitative estimate of drug-likeness (QED) is 0.443. The Morgan fingerprint density at radius 3 is 2.53 bits per heavy atom. The molecular weight excluding hydrogens is 448 g/mol. The van der Waals surface area contributed by atoms with Gasteiger partial charge in [-0.3, -0.25) is 9.59 Å². The normalized spacial score (nSPS) is 14.9. The Kier molecular flexibility index (Phi) is 7.85. The molecule has 0 radical (unpaired) electrons. The van der Waals surface area contributed by atoms with E-state index in [1.165, 1.54) is 4.88 Å². The molecule has 3 aromatic rings. The average molecular weight is 479 g/mol. The van der Waals surface area contributed by atoms with Crippen LogP contribution >= 0.6 is 11.3 Å².